The molecule has 0 radical (unpaired) electrons. The highest BCUT2D eigenvalue weighted by molar-refractivity contribution is 7.63. The van der Waals surface area contributed by atoms with Crippen molar-refractivity contribution < 1.29 is 4.79 Å². The number of amides is 1. The van der Waals surface area contributed by atoms with Crippen LogP contribution in [0.4, 0.5) is 0 Å². The van der Waals surface area contributed by atoms with Crippen LogP contribution in [0.1, 0.15) is 19.3 Å². The summed E-state index contributed by atoms with van der Waals surface area (Å²) in [6, 6.07) is 0. The molecule has 3 nitrogen and oxygen atoms in total. The number of rotatable bonds is 1. The zero-order chi connectivity index (χ0) is 8.97. The maximum Gasteiger partial charge on any atom is 0.246 e. The van der Waals surface area contributed by atoms with Crippen LogP contribution in [0.25, 0.3) is 0 Å². The Morgan fingerprint density at radius 1 is 1.33 bits per heavy atom. The first kappa shape index (κ1) is 9.32. The van der Waals surface area contributed by atoms with Crippen LogP contribution in [0, 0.1) is 0 Å². The van der Waals surface area contributed by atoms with Gasteiger partial charge in [0.15, 0.2) is 0 Å². The topological polar surface area (TPSA) is 46.3 Å². The molecule has 1 aliphatic rings. The van der Waals surface area contributed by atoms with E-state index in [0.717, 1.165) is 25.9 Å². The van der Waals surface area contributed by atoms with Crippen molar-refractivity contribution >= 4 is 18.5 Å². The molecule has 2 N–H and O–H groups in total. The fraction of sp³-hybridized carbons (Fsp3) is 0.625. The number of carbonyl (C=O) groups excluding carboxylic acids is 1. The first-order valence-corrected chi connectivity index (χ1v) is 4.54. The fourth-order valence-electron chi connectivity index (χ4n) is 1.33. The van der Waals surface area contributed by atoms with E-state index in [-0.39, 0.29) is 10.9 Å². The molecule has 12 heavy (non-hydrogen) atoms. The average molecular weight is 185 g/mol. The molecule has 0 atom stereocenters. The Morgan fingerprint density at radius 2 is 1.92 bits per heavy atom. The number of piperidine rings is 1. The third-order valence-corrected chi connectivity index (χ3v) is 2.05. The Balaban J connectivity index is 2.45. The van der Waals surface area contributed by atoms with Crippen molar-refractivity contribution in [3.05, 3.63) is 11.1 Å². The van der Waals surface area contributed by atoms with Crippen LogP contribution in [0.2, 0.25) is 0 Å². The Morgan fingerprint density at radius 3 is 2.42 bits per heavy atom. The van der Waals surface area contributed by atoms with E-state index in [1.165, 1.54) is 12.5 Å². The van der Waals surface area contributed by atoms with Crippen LogP contribution in [-0.4, -0.2) is 23.9 Å². The van der Waals surface area contributed by atoms with E-state index in [1.807, 2.05) is 0 Å². The minimum absolute atomic E-state index is 0.0396. The molecule has 0 aromatic carbocycles. The highest BCUT2D eigenvalue weighted by Crippen LogP contribution is 2.08. The molecule has 0 spiro atoms. The van der Waals surface area contributed by atoms with Crippen molar-refractivity contribution in [2.75, 3.05) is 13.1 Å². The van der Waals surface area contributed by atoms with Crippen LogP contribution in [-0.2, 0) is 17.4 Å². The molecular weight excluding hydrogens is 172 g/mol. The minimum Gasteiger partial charge on any atom is -0.763 e. The average Bonchev–Trinajstić information content (AvgIpc) is 2.05. The van der Waals surface area contributed by atoms with Crippen molar-refractivity contribution in [2.24, 2.45) is 5.73 Å². The summed E-state index contributed by atoms with van der Waals surface area (Å²) in [5, 5.41) is 0.172. The molecule has 1 fully saturated rings. The second-order valence-electron chi connectivity index (χ2n) is 2.93. The molecular formula is C8H13N2OS-. The van der Waals surface area contributed by atoms with E-state index < -0.39 is 0 Å². The summed E-state index contributed by atoms with van der Waals surface area (Å²) in [5.74, 6) is -0.0396. The van der Waals surface area contributed by atoms with Gasteiger partial charge >= 0.3 is 0 Å². The van der Waals surface area contributed by atoms with E-state index in [0.29, 0.717) is 0 Å². The Labute approximate surface area is 78.0 Å². The molecule has 1 aliphatic heterocycles. The molecule has 0 aromatic heterocycles. The van der Waals surface area contributed by atoms with Gasteiger partial charge in [-0.05, 0) is 25.3 Å². The lowest BCUT2D eigenvalue weighted by Gasteiger charge is -2.26. The molecule has 0 aliphatic carbocycles. The number of nitrogens with two attached hydrogens (primary N) is 1. The maximum absolute atomic E-state index is 11.3. The molecule has 0 unspecified atom stereocenters. The van der Waals surface area contributed by atoms with Crippen molar-refractivity contribution in [3.63, 3.8) is 0 Å². The molecule has 1 saturated heterocycles. The summed E-state index contributed by atoms with van der Waals surface area (Å²) in [5.41, 5.74) is 5.23. The van der Waals surface area contributed by atoms with Gasteiger partial charge in [0.1, 0.15) is 0 Å². The van der Waals surface area contributed by atoms with E-state index >= 15 is 0 Å². The monoisotopic (exact) mass is 185 g/mol. The molecule has 1 heterocycles. The Hall–Kier alpha value is -0.770. The van der Waals surface area contributed by atoms with Gasteiger partial charge in [-0.1, -0.05) is 0 Å². The third kappa shape index (κ3) is 2.70. The summed E-state index contributed by atoms with van der Waals surface area (Å²) < 4.78 is 0. The largest absolute Gasteiger partial charge is 0.763 e. The number of carbonyl (C=O) groups is 1. The SMILES string of the molecule is N/C([S-])=C/C(=O)N1CCCCC1. The summed E-state index contributed by atoms with van der Waals surface area (Å²) in [6.45, 7) is 1.69. The van der Waals surface area contributed by atoms with Crippen LogP contribution in [0.15, 0.2) is 11.1 Å². The predicted octanol–water partition coefficient (Wildman–Crippen LogP) is 0.346. The van der Waals surface area contributed by atoms with Crippen LogP contribution >= 0.6 is 0 Å². The number of hydrogen-bond acceptors (Lipinski definition) is 3. The minimum atomic E-state index is -0.0396. The summed E-state index contributed by atoms with van der Waals surface area (Å²) >= 11 is 4.62. The van der Waals surface area contributed by atoms with E-state index in [9.17, 15) is 4.79 Å². The van der Waals surface area contributed by atoms with Crippen molar-refractivity contribution in [1.82, 2.24) is 4.90 Å². The van der Waals surface area contributed by atoms with Gasteiger partial charge in [-0.25, -0.2) is 0 Å². The number of hydrogen-bond donors (Lipinski definition) is 1. The molecule has 68 valence electrons. The standard InChI is InChI=1S/C8H14N2OS/c9-7(12)6-8(11)10-4-2-1-3-5-10/h6,12H,1-5,9H2/p-1/b7-6-. The van der Waals surface area contributed by atoms with E-state index in [1.54, 1.807) is 4.90 Å². The summed E-state index contributed by atoms with van der Waals surface area (Å²) in [6.07, 6.45) is 4.73. The first-order valence-electron chi connectivity index (χ1n) is 4.13. The van der Waals surface area contributed by atoms with Gasteiger partial charge in [-0.15, -0.1) is 5.03 Å². The van der Waals surface area contributed by atoms with Gasteiger partial charge in [0.2, 0.25) is 5.91 Å². The number of nitrogens with zero attached hydrogens (tertiary/aromatic N) is 1. The highest BCUT2D eigenvalue weighted by Gasteiger charge is 2.13. The van der Waals surface area contributed by atoms with Gasteiger partial charge in [-0.3, -0.25) is 4.79 Å². The molecule has 0 saturated carbocycles. The molecule has 4 heteroatoms. The van der Waals surface area contributed by atoms with E-state index in [2.05, 4.69) is 12.6 Å². The highest BCUT2D eigenvalue weighted by atomic mass is 32.1. The van der Waals surface area contributed by atoms with Crippen molar-refractivity contribution in [2.45, 2.75) is 19.3 Å². The lowest BCUT2D eigenvalue weighted by atomic mass is 10.1. The molecule has 0 aromatic rings. The van der Waals surface area contributed by atoms with Crippen LogP contribution in [0.3, 0.4) is 0 Å². The van der Waals surface area contributed by atoms with Crippen LogP contribution in [0.5, 0.6) is 0 Å². The number of likely N-dealkylation sites (tertiary alicyclic amines) is 1. The van der Waals surface area contributed by atoms with Crippen molar-refractivity contribution in [1.29, 1.82) is 0 Å². The predicted molar refractivity (Wildman–Crippen MR) is 50.1 cm³/mol. The van der Waals surface area contributed by atoms with E-state index in [4.69, 9.17) is 5.73 Å². The quantitative estimate of drug-likeness (QED) is 0.473. The fourth-order valence-corrected chi connectivity index (χ4v) is 1.43. The first-order chi connectivity index (χ1) is 5.70. The third-order valence-electron chi connectivity index (χ3n) is 1.93. The van der Waals surface area contributed by atoms with Gasteiger partial charge < -0.3 is 23.3 Å². The Bertz CT molecular complexity index is 193. The second-order valence-corrected chi connectivity index (χ2v) is 3.40. The lowest BCUT2D eigenvalue weighted by molar-refractivity contribution is -0.126. The Kier molecular flexibility index (Phi) is 3.34. The van der Waals surface area contributed by atoms with Crippen molar-refractivity contribution in [3.8, 4) is 0 Å². The second kappa shape index (κ2) is 4.30. The normalized spacial score (nSPS) is 19.3. The van der Waals surface area contributed by atoms with Gasteiger partial charge in [0, 0.05) is 13.1 Å². The molecule has 1 rings (SSSR count). The van der Waals surface area contributed by atoms with Gasteiger partial charge in [0.25, 0.3) is 0 Å². The van der Waals surface area contributed by atoms with Gasteiger partial charge in [0.05, 0.1) is 0 Å². The zero-order valence-corrected chi connectivity index (χ0v) is 7.77. The molecule has 1 amide bonds. The summed E-state index contributed by atoms with van der Waals surface area (Å²) in [4.78, 5) is 13.1. The zero-order valence-electron chi connectivity index (χ0n) is 6.95. The van der Waals surface area contributed by atoms with Crippen LogP contribution < -0.4 is 5.73 Å². The smallest absolute Gasteiger partial charge is 0.246 e. The summed E-state index contributed by atoms with van der Waals surface area (Å²) in [7, 11) is 0. The maximum atomic E-state index is 11.3. The van der Waals surface area contributed by atoms with Gasteiger partial charge in [-0.2, -0.15) is 0 Å². The molecule has 0 bridgehead atoms. The lowest BCUT2D eigenvalue weighted by Crippen LogP contribution is -2.34.